The molecule has 23 heavy (non-hydrogen) atoms. The van der Waals surface area contributed by atoms with E-state index in [1.165, 1.54) is 0 Å². The van der Waals surface area contributed by atoms with Crippen LogP contribution in [0, 0.1) is 16.7 Å². The van der Waals surface area contributed by atoms with Crippen LogP contribution in [0.3, 0.4) is 0 Å². The molecule has 2 heterocycles. The Bertz CT molecular complexity index is 624. The van der Waals surface area contributed by atoms with Crippen molar-refractivity contribution in [3.05, 3.63) is 22.3 Å². The number of hydrogen-bond donors (Lipinski definition) is 0. The van der Waals surface area contributed by atoms with Crippen molar-refractivity contribution in [2.24, 2.45) is 5.41 Å². The molecule has 1 amide bonds. The van der Waals surface area contributed by atoms with Crippen molar-refractivity contribution >= 4 is 27.7 Å². The smallest absolute Gasteiger partial charge is 0.227 e. The predicted molar refractivity (Wildman–Crippen MR) is 94.1 cm³/mol. The normalized spacial score (nSPS) is 16.1. The third kappa shape index (κ3) is 4.03. The van der Waals surface area contributed by atoms with Gasteiger partial charge in [-0.1, -0.05) is 20.8 Å². The summed E-state index contributed by atoms with van der Waals surface area (Å²) in [4.78, 5) is 20.8. The van der Waals surface area contributed by atoms with Gasteiger partial charge in [0.15, 0.2) is 0 Å². The third-order valence-electron chi connectivity index (χ3n) is 4.23. The average molecular weight is 379 g/mol. The van der Waals surface area contributed by atoms with Crippen molar-refractivity contribution in [2.45, 2.75) is 39.7 Å². The molecule has 1 aromatic heterocycles. The minimum absolute atomic E-state index is 0.176. The minimum atomic E-state index is -0.354. The van der Waals surface area contributed by atoms with Gasteiger partial charge in [0.05, 0.1) is 5.56 Å². The summed E-state index contributed by atoms with van der Waals surface area (Å²) in [5.74, 6) is 0.911. The lowest BCUT2D eigenvalue weighted by molar-refractivity contribution is -0.140. The van der Waals surface area contributed by atoms with Crippen LogP contribution in [0.25, 0.3) is 0 Å². The van der Waals surface area contributed by atoms with E-state index in [1.807, 2.05) is 32.7 Å². The molecule has 1 aromatic rings. The monoisotopic (exact) mass is 378 g/mol. The summed E-state index contributed by atoms with van der Waals surface area (Å²) in [5, 5.41) is 9.29. The SMILES string of the molecule is CN(C(=O)C(C)(C)C)C1CCN(c2ncc(Br)cc2C#N)CC1. The van der Waals surface area contributed by atoms with Crippen molar-refractivity contribution in [3.8, 4) is 6.07 Å². The first-order valence-corrected chi connectivity index (χ1v) is 8.61. The highest BCUT2D eigenvalue weighted by molar-refractivity contribution is 9.10. The molecule has 1 saturated heterocycles. The fourth-order valence-corrected chi connectivity index (χ4v) is 3.26. The van der Waals surface area contributed by atoms with E-state index in [4.69, 9.17) is 0 Å². The molecular formula is C17H23BrN4O. The number of aromatic nitrogens is 1. The molecule has 124 valence electrons. The van der Waals surface area contributed by atoms with Gasteiger partial charge >= 0.3 is 0 Å². The number of carbonyl (C=O) groups excluding carboxylic acids is 1. The lowest BCUT2D eigenvalue weighted by Crippen LogP contribution is -2.49. The summed E-state index contributed by atoms with van der Waals surface area (Å²) in [6.07, 6.45) is 3.50. The fourth-order valence-electron chi connectivity index (χ4n) is 2.93. The Kier molecular flexibility index (Phi) is 5.30. The molecule has 0 saturated carbocycles. The summed E-state index contributed by atoms with van der Waals surface area (Å²) in [6.45, 7) is 7.45. The number of carbonyl (C=O) groups is 1. The molecule has 0 aliphatic carbocycles. The maximum atomic E-state index is 12.4. The van der Waals surface area contributed by atoms with Gasteiger partial charge in [-0.2, -0.15) is 5.26 Å². The highest BCUT2D eigenvalue weighted by Crippen LogP contribution is 2.27. The van der Waals surface area contributed by atoms with Gasteiger partial charge in [-0.3, -0.25) is 4.79 Å². The van der Waals surface area contributed by atoms with E-state index in [-0.39, 0.29) is 17.4 Å². The molecule has 5 nitrogen and oxygen atoms in total. The first-order chi connectivity index (χ1) is 10.7. The van der Waals surface area contributed by atoms with Crippen LogP contribution in [0.15, 0.2) is 16.7 Å². The van der Waals surface area contributed by atoms with Crippen LogP contribution in [-0.4, -0.2) is 42.0 Å². The predicted octanol–water partition coefficient (Wildman–Crippen LogP) is 3.19. The van der Waals surface area contributed by atoms with Gasteiger partial charge in [0, 0.05) is 42.3 Å². The quantitative estimate of drug-likeness (QED) is 0.792. The van der Waals surface area contributed by atoms with Crippen LogP contribution in [0.1, 0.15) is 39.2 Å². The molecule has 0 atom stereocenters. The van der Waals surface area contributed by atoms with E-state index < -0.39 is 0 Å². The van der Waals surface area contributed by atoms with Gasteiger partial charge in [0.25, 0.3) is 0 Å². The Labute approximate surface area is 146 Å². The van der Waals surface area contributed by atoms with E-state index in [9.17, 15) is 10.1 Å². The molecule has 0 spiro atoms. The van der Waals surface area contributed by atoms with Crippen LogP contribution in [-0.2, 0) is 4.79 Å². The molecule has 1 fully saturated rings. The highest BCUT2D eigenvalue weighted by Gasteiger charge is 2.32. The first kappa shape index (κ1) is 17.7. The molecule has 0 unspecified atom stereocenters. The molecule has 6 heteroatoms. The minimum Gasteiger partial charge on any atom is -0.355 e. The maximum absolute atomic E-state index is 12.4. The molecular weight excluding hydrogens is 356 g/mol. The van der Waals surface area contributed by atoms with Crippen LogP contribution in [0.5, 0.6) is 0 Å². The number of amides is 1. The summed E-state index contributed by atoms with van der Waals surface area (Å²) < 4.78 is 0.809. The van der Waals surface area contributed by atoms with Crippen molar-refractivity contribution in [1.82, 2.24) is 9.88 Å². The lowest BCUT2D eigenvalue weighted by Gasteiger charge is -2.39. The van der Waals surface area contributed by atoms with Crippen molar-refractivity contribution in [1.29, 1.82) is 5.26 Å². The maximum Gasteiger partial charge on any atom is 0.227 e. The van der Waals surface area contributed by atoms with Crippen molar-refractivity contribution in [3.63, 3.8) is 0 Å². The molecule has 2 rings (SSSR count). The zero-order valence-corrected chi connectivity index (χ0v) is 15.7. The Morgan fingerprint density at radius 2 is 2.04 bits per heavy atom. The lowest BCUT2D eigenvalue weighted by atomic mass is 9.92. The Morgan fingerprint density at radius 3 is 2.57 bits per heavy atom. The number of nitrogens with zero attached hydrogens (tertiary/aromatic N) is 4. The van der Waals surface area contributed by atoms with Gasteiger partial charge in [0.2, 0.25) is 5.91 Å². The second-order valence-corrected chi connectivity index (χ2v) is 7.94. The zero-order valence-electron chi connectivity index (χ0n) is 14.1. The Morgan fingerprint density at radius 1 is 1.43 bits per heavy atom. The van der Waals surface area contributed by atoms with Gasteiger partial charge in [-0.15, -0.1) is 0 Å². The topological polar surface area (TPSA) is 60.2 Å². The standard InChI is InChI=1S/C17H23BrN4O/c1-17(2,3)16(23)21(4)14-5-7-22(8-6-14)15-12(10-19)9-13(18)11-20-15/h9,11,14H,5-8H2,1-4H3. The molecule has 0 N–H and O–H groups in total. The molecule has 0 radical (unpaired) electrons. The van der Waals surface area contributed by atoms with Crippen LogP contribution < -0.4 is 4.90 Å². The van der Waals surface area contributed by atoms with E-state index in [0.717, 1.165) is 36.2 Å². The Hall–Kier alpha value is -1.61. The number of pyridine rings is 1. The number of anilines is 1. The van der Waals surface area contributed by atoms with E-state index >= 15 is 0 Å². The van der Waals surface area contributed by atoms with E-state index in [2.05, 4.69) is 31.9 Å². The second-order valence-electron chi connectivity index (χ2n) is 7.02. The number of piperidine rings is 1. The summed E-state index contributed by atoms with van der Waals surface area (Å²) >= 11 is 3.35. The number of hydrogen-bond acceptors (Lipinski definition) is 4. The molecule has 1 aliphatic heterocycles. The molecule has 1 aliphatic rings. The molecule has 0 bridgehead atoms. The van der Waals surface area contributed by atoms with Crippen LogP contribution in [0.4, 0.5) is 5.82 Å². The summed E-state index contributed by atoms with van der Waals surface area (Å²) in [7, 11) is 1.90. The van der Waals surface area contributed by atoms with E-state index in [1.54, 1.807) is 12.3 Å². The van der Waals surface area contributed by atoms with Crippen LogP contribution >= 0.6 is 15.9 Å². The Balaban J connectivity index is 2.05. The third-order valence-corrected chi connectivity index (χ3v) is 4.66. The van der Waals surface area contributed by atoms with Crippen LogP contribution in [0.2, 0.25) is 0 Å². The van der Waals surface area contributed by atoms with Gasteiger partial charge in [0.1, 0.15) is 11.9 Å². The number of halogens is 1. The summed E-state index contributed by atoms with van der Waals surface area (Å²) in [6, 6.07) is 4.25. The van der Waals surface area contributed by atoms with E-state index in [0.29, 0.717) is 5.56 Å². The average Bonchev–Trinajstić information content (AvgIpc) is 2.52. The van der Waals surface area contributed by atoms with Crippen molar-refractivity contribution < 1.29 is 4.79 Å². The summed E-state index contributed by atoms with van der Waals surface area (Å²) in [5.41, 5.74) is 0.226. The first-order valence-electron chi connectivity index (χ1n) is 7.82. The van der Waals surface area contributed by atoms with Crippen molar-refractivity contribution in [2.75, 3.05) is 25.0 Å². The number of rotatable bonds is 2. The zero-order chi connectivity index (χ0) is 17.2. The largest absolute Gasteiger partial charge is 0.355 e. The van der Waals surface area contributed by atoms with Gasteiger partial charge < -0.3 is 9.80 Å². The molecule has 0 aromatic carbocycles. The fraction of sp³-hybridized carbons (Fsp3) is 0.588. The number of nitriles is 1. The van der Waals surface area contributed by atoms with Gasteiger partial charge in [-0.05, 0) is 34.8 Å². The van der Waals surface area contributed by atoms with Gasteiger partial charge in [-0.25, -0.2) is 4.98 Å². The second kappa shape index (κ2) is 6.88. The highest BCUT2D eigenvalue weighted by atomic mass is 79.9.